The standard InChI is InChI=1S/C14H27NO2/c1-3-17-13-11-12(15-9-10-16-2)14(13)7-5-4-6-8-14/h12-13,15H,3-11H2,1-2H3. The van der Waals surface area contributed by atoms with E-state index in [1.807, 2.05) is 0 Å². The van der Waals surface area contributed by atoms with Crippen molar-refractivity contribution in [2.24, 2.45) is 5.41 Å². The van der Waals surface area contributed by atoms with Crippen molar-refractivity contribution < 1.29 is 9.47 Å². The SMILES string of the molecule is CCOC1CC(NCCOC)C12CCCCC2. The second-order valence-electron chi connectivity index (χ2n) is 5.47. The predicted molar refractivity (Wildman–Crippen MR) is 69.2 cm³/mol. The van der Waals surface area contributed by atoms with Gasteiger partial charge in [-0.2, -0.15) is 0 Å². The molecule has 1 N–H and O–H groups in total. The van der Waals surface area contributed by atoms with Crippen LogP contribution in [0.5, 0.6) is 0 Å². The highest BCUT2D eigenvalue weighted by Gasteiger charge is 2.55. The Morgan fingerprint density at radius 2 is 2.00 bits per heavy atom. The summed E-state index contributed by atoms with van der Waals surface area (Å²) in [5.74, 6) is 0. The van der Waals surface area contributed by atoms with Crippen molar-refractivity contribution >= 4 is 0 Å². The summed E-state index contributed by atoms with van der Waals surface area (Å²) in [6.45, 7) is 4.76. The van der Waals surface area contributed by atoms with Gasteiger partial charge in [-0.1, -0.05) is 19.3 Å². The average Bonchev–Trinajstić information content (AvgIpc) is 2.38. The molecular formula is C14H27NO2. The Bertz CT molecular complexity index is 224. The molecule has 1 spiro atoms. The van der Waals surface area contributed by atoms with Crippen molar-refractivity contribution in [3.8, 4) is 0 Å². The lowest BCUT2D eigenvalue weighted by Crippen LogP contribution is -2.64. The summed E-state index contributed by atoms with van der Waals surface area (Å²) < 4.78 is 11.1. The maximum Gasteiger partial charge on any atom is 0.0661 e. The van der Waals surface area contributed by atoms with Gasteiger partial charge in [-0.25, -0.2) is 0 Å². The minimum Gasteiger partial charge on any atom is -0.383 e. The lowest BCUT2D eigenvalue weighted by molar-refractivity contribution is -0.150. The molecule has 100 valence electrons. The smallest absolute Gasteiger partial charge is 0.0661 e. The van der Waals surface area contributed by atoms with Gasteiger partial charge in [0, 0.05) is 31.7 Å². The zero-order chi connectivity index (χ0) is 12.1. The Morgan fingerprint density at radius 1 is 1.24 bits per heavy atom. The van der Waals surface area contributed by atoms with Gasteiger partial charge in [0.2, 0.25) is 0 Å². The Morgan fingerprint density at radius 3 is 2.65 bits per heavy atom. The first-order chi connectivity index (χ1) is 8.33. The Balaban J connectivity index is 1.89. The molecule has 0 saturated heterocycles. The first-order valence-electron chi connectivity index (χ1n) is 7.17. The van der Waals surface area contributed by atoms with Crippen molar-refractivity contribution in [3.63, 3.8) is 0 Å². The van der Waals surface area contributed by atoms with Crippen LogP contribution in [0.15, 0.2) is 0 Å². The molecule has 0 aromatic carbocycles. The molecule has 2 atom stereocenters. The third-order valence-electron chi connectivity index (χ3n) is 4.63. The van der Waals surface area contributed by atoms with Crippen LogP contribution in [-0.4, -0.2) is 39.0 Å². The minimum absolute atomic E-state index is 0.446. The monoisotopic (exact) mass is 241 g/mol. The van der Waals surface area contributed by atoms with Crippen molar-refractivity contribution in [1.82, 2.24) is 5.32 Å². The molecule has 0 aliphatic heterocycles. The van der Waals surface area contributed by atoms with Crippen LogP contribution >= 0.6 is 0 Å². The van der Waals surface area contributed by atoms with Crippen LogP contribution in [0.3, 0.4) is 0 Å². The molecule has 0 amide bonds. The zero-order valence-corrected chi connectivity index (χ0v) is 11.3. The second-order valence-corrected chi connectivity index (χ2v) is 5.47. The summed E-state index contributed by atoms with van der Waals surface area (Å²) in [6, 6.07) is 0.662. The summed E-state index contributed by atoms with van der Waals surface area (Å²) in [4.78, 5) is 0. The van der Waals surface area contributed by atoms with E-state index >= 15 is 0 Å². The molecule has 2 aliphatic carbocycles. The molecule has 0 radical (unpaired) electrons. The van der Waals surface area contributed by atoms with Crippen LogP contribution in [-0.2, 0) is 9.47 Å². The lowest BCUT2D eigenvalue weighted by atomic mass is 9.55. The van der Waals surface area contributed by atoms with Crippen molar-refractivity contribution in [1.29, 1.82) is 0 Å². The van der Waals surface area contributed by atoms with E-state index in [9.17, 15) is 0 Å². The van der Waals surface area contributed by atoms with Crippen LogP contribution in [0.1, 0.15) is 45.4 Å². The van der Waals surface area contributed by atoms with E-state index in [0.717, 1.165) is 19.8 Å². The largest absolute Gasteiger partial charge is 0.383 e. The Hall–Kier alpha value is -0.120. The predicted octanol–water partition coefficient (Wildman–Crippen LogP) is 2.35. The van der Waals surface area contributed by atoms with Gasteiger partial charge >= 0.3 is 0 Å². The number of hydrogen-bond acceptors (Lipinski definition) is 3. The van der Waals surface area contributed by atoms with Gasteiger partial charge in [-0.05, 0) is 26.2 Å². The van der Waals surface area contributed by atoms with Crippen LogP contribution in [0.4, 0.5) is 0 Å². The minimum atomic E-state index is 0.446. The number of rotatable bonds is 6. The lowest BCUT2D eigenvalue weighted by Gasteiger charge is -2.58. The highest BCUT2D eigenvalue weighted by molar-refractivity contribution is 5.08. The van der Waals surface area contributed by atoms with Gasteiger partial charge in [0.15, 0.2) is 0 Å². The molecule has 2 fully saturated rings. The molecule has 0 aromatic rings. The van der Waals surface area contributed by atoms with Gasteiger partial charge in [0.1, 0.15) is 0 Å². The molecule has 2 aliphatic rings. The molecule has 3 nitrogen and oxygen atoms in total. The van der Waals surface area contributed by atoms with Crippen molar-refractivity contribution in [2.45, 2.75) is 57.6 Å². The van der Waals surface area contributed by atoms with Gasteiger partial charge in [-0.15, -0.1) is 0 Å². The maximum absolute atomic E-state index is 5.94. The van der Waals surface area contributed by atoms with E-state index in [4.69, 9.17) is 9.47 Å². The number of nitrogens with one attached hydrogen (secondary N) is 1. The van der Waals surface area contributed by atoms with Crippen LogP contribution in [0.25, 0.3) is 0 Å². The molecule has 3 heteroatoms. The average molecular weight is 241 g/mol. The molecule has 0 bridgehead atoms. The molecule has 2 unspecified atom stereocenters. The van der Waals surface area contributed by atoms with E-state index in [-0.39, 0.29) is 0 Å². The van der Waals surface area contributed by atoms with Crippen molar-refractivity contribution in [3.05, 3.63) is 0 Å². The van der Waals surface area contributed by atoms with Gasteiger partial charge in [-0.3, -0.25) is 0 Å². The van der Waals surface area contributed by atoms with E-state index < -0.39 is 0 Å². The van der Waals surface area contributed by atoms with Crippen LogP contribution < -0.4 is 5.32 Å². The summed E-state index contributed by atoms with van der Waals surface area (Å²) in [5, 5.41) is 3.66. The molecule has 17 heavy (non-hydrogen) atoms. The summed E-state index contributed by atoms with van der Waals surface area (Å²) in [6.07, 6.45) is 8.57. The van der Waals surface area contributed by atoms with Gasteiger partial charge in [0.25, 0.3) is 0 Å². The summed E-state index contributed by atoms with van der Waals surface area (Å²) in [7, 11) is 1.77. The third kappa shape index (κ3) is 2.67. The van der Waals surface area contributed by atoms with E-state index in [0.29, 0.717) is 17.6 Å². The zero-order valence-electron chi connectivity index (χ0n) is 11.3. The molecule has 2 rings (SSSR count). The second kappa shape index (κ2) is 6.17. The number of methoxy groups -OCH3 is 1. The Kier molecular flexibility index (Phi) is 4.83. The summed E-state index contributed by atoms with van der Waals surface area (Å²) >= 11 is 0. The van der Waals surface area contributed by atoms with Gasteiger partial charge < -0.3 is 14.8 Å². The number of hydrogen-bond donors (Lipinski definition) is 1. The highest BCUT2D eigenvalue weighted by atomic mass is 16.5. The molecular weight excluding hydrogens is 214 g/mol. The van der Waals surface area contributed by atoms with Crippen molar-refractivity contribution in [2.75, 3.05) is 26.9 Å². The molecule has 0 aromatic heterocycles. The molecule has 0 heterocycles. The first-order valence-corrected chi connectivity index (χ1v) is 7.17. The number of ether oxygens (including phenoxy) is 2. The quantitative estimate of drug-likeness (QED) is 0.724. The fourth-order valence-corrected chi connectivity index (χ4v) is 3.68. The fourth-order valence-electron chi connectivity index (χ4n) is 3.68. The Labute approximate surface area is 105 Å². The summed E-state index contributed by atoms with van der Waals surface area (Å²) in [5.41, 5.74) is 0.446. The maximum atomic E-state index is 5.94. The third-order valence-corrected chi connectivity index (χ3v) is 4.63. The van der Waals surface area contributed by atoms with Crippen LogP contribution in [0.2, 0.25) is 0 Å². The first kappa shape index (κ1) is 13.3. The molecule has 2 saturated carbocycles. The van der Waals surface area contributed by atoms with E-state index in [1.165, 1.54) is 38.5 Å². The fraction of sp³-hybridized carbons (Fsp3) is 1.00. The van der Waals surface area contributed by atoms with Crippen LogP contribution in [0, 0.1) is 5.41 Å². The normalized spacial score (nSPS) is 31.4. The highest BCUT2D eigenvalue weighted by Crippen LogP contribution is 2.53. The van der Waals surface area contributed by atoms with E-state index in [1.54, 1.807) is 7.11 Å². The van der Waals surface area contributed by atoms with E-state index in [2.05, 4.69) is 12.2 Å². The van der Waals surface area contributed by atoms with Gasteiger partial charge in [0.05, 0.1) is 12.7 Å². The topological polar surface area (TPSA) is 30.5 Å².